The van der Waals surface area contributed by atoms with E-state index < -0.39 is 0 Å². The Hall–Kier alpha value is -7.95. The minimum atomic E-state index is 0.00406. The molecule has 1 unspecified atom stereocenters. The first kappa shape index (κ1) is 34.1. The number of nitrogens with one attached hydrogen (secondary N) is 1. The predicted molar refractivity (Wildman–Crippen MR) is 249 cm³/mol. The van der Waals surface area contributed by atoms with E-state index in [0.717, 1.165) is 66.9 Å². The van der Waals surface area contributed by atoms with Gasteiger partial charge in [0, 0.05) is 38.2 Å². The van der Waals surface area contributed by atoms with Gasteiger partial charge in [-0.2, -0.15) is 0 Å². The van der Waals surface area contributed by atoms with Gasteiger partial charge in [0.2, 0.25) is 0 Å². The summed E-state index contributed by atoms with van der Waals surface area (Å²) in [5.74, 6) is 0.819. The van der Waals surface area contributed by atoms with Crippen LogP contribution in [0.2, 0.25) is 0 Å². The fourth-order valence-corrected chi connectivity index (χ4v) is 9.09. The van der Waals surface area contributed by atoms with Gasteiger partial charge in [-0.25, -0.2) is 4.99 Å². The molecule has 2 aromatic heterocycles. The van der Waals surface area contributed by atoms with Gasteiger partial charge in [-0.15, -0.1) is 0 Å². The van der Waals surface area contributed by atoms with Crippen molar-refractivity contribution in [2.24, 2.45) is 4.99 Å². The number of allylic oxidation sites excluding steroid dienone is 2. The first-order chi connectivity index (χ1) is 29.7. The van der Waals surface area contributed by atoms with E-state index >= 15 is 0 Å². The first-order valence-corrected chi connectivity index (χ1v) is 20.5. The summed E-state index contributed by atoms with van der Waals surface area (Å²) >= 11 is 0. The molecular weight excluding hydrogens is 731 g/mol. The second-order valence-corrected chi connectivity index (χ2v) is 15.6. The third kappa shape index (κ3) is 5.65. The predicted octanol–water partition coefficient (Wildman–Crippen LogP) is 13.9. The molecule has 12 rings (SSSR count). The standard InChI is InChI=1S/C56H37N3O/c1-4-13-36(14-5-1)39-23-25-40(26-24-39)54-46-19-10-11-21-49(46)57-56(58-54)43-27-30-44-45-20-12-22-52(55(45)60-53(44)35-43)59-50-31-28-41(37-15-6-2-7-16-37)33-47(50)48-34-42(29-32-51(48)59)38-17-8-3-9-18-38/h1-35,49H,(H,57,58). The number of hydrogen-bond acceptors (Lipinski definition) is 3. The molecule has 0 fully saturated rings. The monoisotopic (exact) mass is 767 g/mol. The summed E-state index contributed by atoms with van der Waals surface area (Å²) in [7, 11) is 0. The lowest BCUT2D eigenvalue weighted by atomic mass is 9.93. The maximum atomic E-state index is 6.96. The SMILES string of the molecule is C1=CC2=C(c3ccc(-c4ccccc4)cc3)N=C(c3ccc4c(c3)oc3c(-n5c6ccc(-c7ccccc7)cc6c6cc(-c7ccccc7)ccc65)cccc34)NC2C=C1. The van der Waals surface area contributed by atoms with Gasteiger partial charge in [0.15, 0.2) is 5.58 Å². The molecule has 4 nitrogen and oxygen atoms in total. The largest absolute Gasteiger partial charge is 0.454 e. The Morgan fingerprint density at radius 2 is 1.02 bits per heavy atom. The highest BCUT2D eigenvalue weighted by molar-refractivity contribution is 6.15. The van der Waals surface area contributed by atoms with E-state index in [1.54, 1.807) is 0 Å². The zero-order chi connectivity index (χ0) is 39.6. The van der Waals surface area contributed by atoms with Crippen LogP contribution in [0.25, 0.3) is 88.5 Å². The van der Waals surface area contributed by atoms with Crippen molar-refractivity contribution in [2.75, 3.05) is 0 Å². The van der Waals surface area contributed by atoms with Crippen molar-refractivity contribution < 1.29 is 4.42 Å². The summed E-state index contributed by atoms with van der Waals surface area (Å²) in [5.41, 5.74) is 16.3. The van der Waals surface area contributed by atoms with Crippen LogP contribution in [0, 0.1) is 0 Å². The average molecular weight is 768 g/mol. The van der Waals surface area contributed by atoms with Gasteiger partial charge in [-0.05, 0) is 75.8 Å². The number of nitrogens with zero attached hydrogens (tertiary/aromatic N) is 2. The lowest BCUT2D eigenvalue weighted by Gasteiger charge is -2.28. The molecule has 0 amide bonds. The van der Waals surface area contributed by atoms with Crippen LogP contribution < -0.4 is 5.32 Å². The van der Waals surface area contributed by atoms with Gasteiger partial charge in [0.05, 0.1) is 28.5 Å². The number of amidine groups is 1. The smallest absolute Gasteiger partial charge is 0.159 e. The fourth-order valence-electron chi connectivity index (χ4n) is 9.09. The molecule has 1 atom stereocenters. The van der Waals surface area contributed by atoms with Crippen LogP contribution >= 0.6 is 0 Å². The molecule has 8 aromatic carbocycles. The maximum Gasteiger partial charge on any atom is 0.159 e. The molecule has 1 aliphatic carbocycles. The summed E-state index contributed by atoms with van der Waals surface area (Å²) in [6, 6.07) is 67.1. The van der Waals surface area contributed by atoms with Crippen LogP contribution in [-0.2, 0) is 0 Å². The van der Waals surface area contributed by atoms with Crippen molar-refractivity contribution in [1.29, 1.82) is 0 Å². The molecule has 0 saturated heterocycles. The Kier molecular flexibility index (Phi) is 7.88. The number of aliphatic imine (C=N–C) groups is 1. The Labute approximate surface area is 347 Å². The summed E-state index contributed by atoms with van der Waals surface area (Å²) in [4.78, 5) is 5.31. The van der Waals surface area contributed by atoms with Gasteiger partial charge in [0.25, 0.3) is 0 Å². The van der Waals surface area contributed by atoms with Crippen molar-refractivity contribution in [3.63, 3.8) is 0 Å². The molecule has 4 heteroatoms. The van der Waals surface area contributed by atoms with Crippen LogP contribution in [0.3, 0.4) is 0 Å². The molecule has 282 valence electrons. The molecule has 0 bridgehead atoms. The van der Waals surface area contributed by atoms with Gasteiger partial charge in [-0.1, -0.05) is 170 Å². The lowest BCUT2D eigenvalue weighted by Crippen LogP contribution is -2.39. The van der Waals surface area contributed by atoms with Crippen LogP contribution in [0.5, 0.6) is 0 Å². The second-order valence-electron chi connectivity index (χ2n) is 15.6. The highest BCUT2D eigenvalue weighted by atomic mass is 16.3. The number of benzene rings is 8. The first-order valence-electron chi connectivity index (χ1n) is 20.5. The zero-order valence-corrected chi connectivity index (χ0v) is 32.6. The zero-order valence-electron chi connectivity index (χ0n) is 32.6. The van der Waals surface area contributed by atoms with E-state index in [1.165, 1.54) is 44.2 Å². The molecule has 1 aliphatic heterocycles. The Morgan fingerprint density at radius 1 is 0.450 bits per heavy atom. The molecule has 0 radical (unpaired) electrons. The van der Waals surface area contributed by atoms with Gasteiger partial charge in [-0.3, -0.25) is 0 Å². The van der Waals surface area contributed by atoms with Crippen molar-refractivity contribution in [3.05, 3.63) is 229 Å². The van der Waals surface area contributed by atoms with Crippen molar-refractivity contribution in [1.82, 2.24) is 9.88 Å². The number of rotatable bonds is 6. The Morgan fingerprint density at radius 3 is 1.67 bits per heavy atom. The average Bonchev–Trinajstić information content (AvgIpc) is 3.87. The maximum absolute atomic E-state index is 6.96. The molecule has 1 N–H and O–H groups in total. The van der Waals surface area contributed by atoms with Crippen molar-refractivity contribution in [2.45, 2.75) is 6.04 Å². The number of hydrogen-bond donors (Lipinski definition) is 1. The Bertz CT molecular complexity index is 3320. The quantitative estimate of drug-likeness (QED) is 0.183. The van der Waals surface area contributed by atoms with Crippen LogP contribution in [0.4, 0.5) is 0 Å². The molecule has 0 spiro atoms. The fraction of sp³-hybridized carbons (Fsp3) is 0.0179. The summed E-state index contributed by atoms with van der Waals surface area (Å²) < 4.78 is 9.33. The number of fused-ring (bicyclic) bond motifs is 7. The van der Waals surface area contributed by atoms with E-state index in [1.807, 2.05) is 0 Å². The Balaban J connectivity index is 0.990. The van der Waals surface area contributed by atoms with E-state index in [2.05, 4.69) is 222 Å². The highest BCUT2D eigenvalue weighted by Crippen LogP contribution is 2.41. The minimum absolute atomic E-state index is 0.00406. The molecule has 10 aromatic rings. The lowest BCUT2D eigenvalue weighted by molar-refractivity contribution is 0.666. The van der Waals surface area contributed by atoms with E-state index in [9.17, 15) is 0 Å². The normalized spacial score (nSPS) is 14.9. The number of aromatic nitrogens is 1. The van der Waals surface area contributed by atoms with E-state index in [0.29, 0.717) is 0 Å². The molecular formula is C56H37N3O. The van der Waals surface area contributed by atoms with Crippen molar-refractivity contribution >= 4 is 55.3 Å². The molecule has 2 aliphatic rings. The third-order valence-corrected chi connectivity index (χ3v) is 12.1. The van der Waals surface area contributed by atoms with Crippen molar-refractivity contribution in [3.8, 4) is 39.1 Å². The molecule has 60 heavy (non-hydrogen) atoms. The van der Waals surface area contributed by atoms with Gasteiger partial charge >= 0.3 is 0 Å². The number of para-hydroxylation sites is 1. The summed E-state index contributed by atoms with van der Waals surface area (Å²) in [6.45, 7) is 0. The summed E-state index contributed by atoms with van der Waals surface area (Å²) in [6.07, 6.45) is 8.56. The molecule has 3 heterocycles. The van der Waals surface area contributed by atoms with Crippen LogP contribution in [-0.4, -0.2) is 16.4 Å². The minimum Gasteiger partial charge on any atom is -0.454 e. The number of furan rings is 1. The molecule has 0 saturated carbocycles. The third-order valence-electron chi connectivity index (χ3n) is 12.1. The van der Waals surface area contributed by atoms with Gasteiger partial charge in [0.1, 0.15) is 11.4 Å². The van der Waals surface area contributed by atoms with Gasteiger partial charge < -0.3 is 14.3 Å². The highest BCUT2D eigenvalue weighted by Gasteiger charge is 2.25. The van der Waals surface area contributed by atoms with Crippen LogP contribution in [0.15, 0.2) is 227 Å². The van der Waals surface area contributed by atoms with E-state index in [-0.39, 0.29) is 6.04 Å². The van der Waals surface area contributed by atoms with Crippen LogP contribution in [0.1, 0.15) is 11.1 Å². The topological polar surface area (TPSA) is 42.5 Å². The van der Waals surface area contributed by atoms with E-state index in [4.69, 9.17) is 9.41 Å². The summed E-state index contributed by atoms with van der Waals surface area (Å²) in [5, 5.41) is 8.26. The second kappa shape index (κ2) is 13.9.